The first kappa shape index (κ1) is 16.0. The van der Waals surface area contributed by atoms with E-state index in [0.29, 0.717) is 18.8 Å². The van der Waals surface area contributed by atoms with E-state index in [-0.39, 0.29) is 18.4 Å². The quantitative estimate of drug-likeness (QED) is 0.780. The molecule has 0 aliphatic carbocycles. The van der Waals surface area contributed by atoms with E-state index in [1.165, 1.54) is 0 Å². The van der Waals surface area contributed by atoms with Gasteiger partial charge in [-0.15, -0.1) is 11.8 Å². The van der Waals surface area contributed by atoms with Crippen LogP contribution in [0, 0.1) is 5.92 Å². The number of carbonyl (C=O) groups is 1. The Balaban J connectivity index is 2.73. The highest BCUT2D eigenvalue weighted by molar-refractivity contribution is 7.99. The van der Waals surface area contributed by atoms with Crippen molar-refractivity contribution in [1.29, 1.82) is 0 Å². The third-order valence-corrected chi connectivity index (χ3v) is 4.17. The first-order chi connectivity index (χ1) is 9.12. The van der Waals surface area contributed by atoms with Crippen LogP contribution in [0.25, 0.3) is 0 Å². The predicted molar refractivity (Wildman–Crippen MR) is 78.5 cm³/mol. The Bertz CT molecular complexity index is 408. The number of aliphatic hydroxyl groups excluding tert-OH is 1. The zero-order chi connectivity index (χ0) is 14.3. The van der Waals surface area contributed by atoms with Gasteiger partial charge in [0.1, 0.15) is 5.69 Å². The standard InChI is InChI=1S/C14H22N2O2S/c1-4-16(5-2)14(18)13-8-12(6-7-15-13)19-10-11(3)9-17/h6-8,11,17H,4-5,9-10H2,1-3H3. The molecule has 0 saturated carbocycles. The molecule has 1 rings (SSSR count). The van der Waals surface area contributed by atoms with Gasteiger partial charge in [0, 0.05) is 36.5 Å². The van der Waals surface area contributed by atoms with Crippen LogP contribution >= 0.6 is 11.8 Å². The Morgan fingerprint density at radius 1 is 1.47 bits per heavy atom. The highest BCUT2D eigenvalue weighted by atomic mass is 32.2. The average Bonchev–Trinajstić information content (AvgIpc) is 2.46. The SMILES string of the molecule is CCN(CC)C(=O)c1cc(SCC(C)CO)ccn1. The highest BCUT2D eigenvalue weighted by Gasteiger charge is 2.14. The van der Waals surface area contributed by atoms with Gasteiger partial charge in [0.15, 0.2) is 0 Å². The van der Waals surface area contributed by atoms with Crippen LogP contribution in [0.4, 0.5) is 0 Å². The Labute approximate surface area is 119 Å². The molecule has 1 aromatic heterocycles. The van der Waals surface area contributed by atoms with Crippen LogP contribution < -0.4 is 0 Å². The van der Waals surface area contributed by atoms with Gasteiger partial charge < -0.3 is 10.0 Å². The molecule has 1 unspecified atom stereocenters. The fraction of sp³-hybridized carbons (Fsp3) is 0.571. The molecule has 0 radical (unpaired) electrons. The summed E-state index contributed by atoms with van der Waals surface area (Å²) in [7, 11) is 0. The molecule has 1 aromatic rings. The van der Waals surface area contributed by atoms with Crippen molar-refractivity contribution >= 4 is 17.7 Å². The zero-order valence-corrected chi connectivity index (χ0v) is 12.6. The molecule has 1 heterocycles. The molecular weight excluding hydrogens is 260 g/mol. The number of nitrogens with zero attached hydrogens (tertiary/aromatic N) is 2. The predicted octanol–water partition coefficient (Wildman–Crippen LogP) is 2.28. The van der Waals surface area contributed by atoms with Crippen molar-refractivity contribution in [2.45, 2.75) is 25.7 Å². The molecule has 0 saturated heterocycles. The molecule has 1 N–H and O–H groups in total. The van der Waals surface area contributed by atoms with E-state index in [9.17, 15) is 4.79 Å². The summed E-state index contributed by atoms with van der Waals surface area (Å²) in [5.74, 6) is 1.06. The molecule has 1 amide bonds. The monoisotopic (exact) mass is 282 g/mol. The first-order valence-electron chi connectivity index (χ1n) is 6.61. The number of rotatable bonds is 7. The van der Waals surface area contributed by atoms with E-state index in [0.717, 1.165) is 10.6 Å². The van der Waals surface area contributed by atoms with Gasteiger partial charge in [-0.05, 0) is 31.9 Å². The second-order valence-electron chi connectivity index (χ2n) is 4.45. The minimum absolute atomic E-state index is 0.0253. The molecule has 0 aliphatic heterocycles. The number of amides is 1. The topological polar surface area (TPSA) is 53.4 Å². The second-order valence-corrected chi connectivity index (χ2v) is 5.55. The Kier molecular flexibility index (Phi) is 6.87. The number of aromatic nitrogens is 1. The van der Waals surface area contributed by atoms with Crippen LogP contribution in [0.5, 0.6) is 0 Å². The van der Waals surface area contributed by atoms with Gasteiger partial charge >= 0.3 is 0 Å². The highest BCUT2D eigenvalue weighted by Crippen LogP contribution is 2.21. The lowest BCUT2D eigenvalue weighted by Crippen LogP contribution is -2.31. The minimum Gasteiger partial charge on any atom is -0.396 e. The van der Waals surface area contributed by atoms with E-state index in [1.54, 1.807) is 22.9 Å². The average molecular weight is 282 g/mol. The van der Waals surface area contributed by atoms with Crippen LogP contribution in [0.3, 0.4) is 0 Å². The summed E-state index contributed by atoms with van der Waals surface area (Å²) in [4.78, 5) is 19.1. The van der Waals surface area contributed by atoms with Gasteiger partial charge in [-0.25, -0.2) is 0 Å². The fourth-order valence-electron chi connectivity index (χ4n) is 1.58. The van der Waals surface area contributed by atoms with Crippen LogP contribution in [-0.2, 0) is 0 Å². The van der Waals surface area contributed by atoms with Crippen LogP contribution in [0.2, 0.25) is 0 Å². The summed E-state index contributed by atoms with van der Waals surface area (Å²) in [6.45, 7) is 7.48. The molecule has 0 aromatic carbocycles. The number of aliphatic hydroxyl groups is 1. The van der Waals surface area contributed by atoms with E-state index < -0.39 is 0 Å². The summed E-state index contributed by atoms with van der Waals surface area (Å²) in [6, 6.07) is 3.73. The van der Waals surface area contributed by atoms with Gasteiger partial charge in [-0.2, -0.15) is 0 Å². The summed E-state index contributed by atoms with van der Waals surface area (Å²) in [5.41, 5.74) is 0.491. The molecule has 0 fully saturated rings. The summed E-state index contributed by atoms with van der Waals surface area (Å²) < 4.78 is 0. The Hall–Kier alpha value is -1.07. The van der Waals surface area contributed by atoms with Gasteiger partial charge in [0.05, 0.1) is 0 Å². The second kappa shape index (κ2) is 8.17. The maximum atomic E-state index is 12.2. The molecule has 0 bridgehead atoms. The minimum atomic E-state index is -0.0253. The summed E-state index contributed by atoms with van der Waals surface area (Å²) in [6.07, 6.45) is 1.67. The van der Waals surface area contributed by atoms with Crippen molar-refractivity contribution < 1.29 is 9.90 Å². The number of pyridine rings is 1. The maximum absolute atomic E-state index is 12.2. The maximum Gasteiger partial charge on any atom is 0.272 e. The molecular formula is C14H22N2O2S. The molecule has 19 heavy (non-hydrogen) atoms. The van der Waals surface area contributed by atoms with Crippen molar-refractivity contribution in [3.05, 3.63) is 24.0 Å². The molecule has 0 spiro atoms. The van der Waals surface area contributed by atoms with E-state index in [2.05, 4.69) is 4.98 Å². The Morgan fingerprint density at radius 2 is 2.16 bits per heavy atom. The van der Waals surface area contributed by atoms with E-state index >= 15 is 0 Å². The van der Waals surface area contributed by atoms with Crippen LogP contribution in [0.15, 0.2) is 23.2 Å². The lowest BCUT2D eigenvalue weighted by atomic mass is 10.2. The Morgan fingerprint density at radius 3 is 2.74 bits per heavy atom. The van der Waals surface area contributed by atoms with Crippen molar-refractivity contribution in [3.63, 3.8) is 0 Å². The molecule has 0 aliphatic rings. The lowest BCUT2D eigenvalue weighted by Gasteiger charge is -2.18. The van der Waals surface area contributed by atoms with Crippen molar-refractivity contribution in [1.82, 2.24) is 9.88 Å². The zero-order valence-electron chi connectivity index (χ0n) is 11.8. The van der Waals surface area contributed by atoms with E-state index in [4.69, 9.17) is 5.11 Å². The largest absolute Gasteiger partial charge is 0.396 e. The van der Waals surface area contributed by atoms with Gasteiger partial charge in [-0.1, -0.05) is 6.92 Å². The lowest BCUT2D eigenvalue weighted by molar-refractivity contribution is 0.0767. The molecule has 1 atom stereocenters. The summed E-state index contributed by atoms with van der Waals surface area (Å²) in [5, 5.41) is 9.01. The first-order valence-corrected chi connectivity index (χ1v) is 7.59. The van der Waals surface area contributed by atoms with Crippen molar-refractivity contribution in [3.8, 4) is 0 Å². The van der Waals surface area contributed by atoms with Gasteiger partial charge in [0.2, 0.25) is 0 Å². The van der Waals surface area contributed by atoms with Crippen molar-refractivity contribution in [2.24, 2.45) is 5.92 Å². The normalized spacial score (nSPS) is 12.2. The summed E-state index contributed by atoms with van der Waals surface area (Å²) >= 11 is 1.64. The van der Waals surface area contributed by atoms with Crippen molar-refractivity contribution in [2.75, 3.05) is 25.4 Å². The van der Waals surface area contributed by atoms with Crippen LogP contribution in [0.1, 0.15) is 31.3 Å². The number of carbonyl (C=O) groups excluding carboxylic acids is 1. The number of thioether (sulfide) groups is 1. The molecule has 4 nitrogen and oxygen atoms in total. The van der Waals surface area contributed by atoms with Gasteiger partial charge in [0.25, 0.3) is 5.91 Å². The number of hydrogen-bond acceptors (Lipinski definition) is 4. The van der Waals surface area contributed by atoms with Gasteiger partial charge in [-0.3, -0.25) is 9.78 Å². The smallest absolute Gasteiger partial charge is 0.272 e. The van der Waals surface area contributed by atoms with E-state index in [1.807, 2.05) is 32.9 Å². The van der Waals surface area contributed by atoms with Crippen LogP contribution in [-0.4, -0.2) is 46.3 Å². The fourth-order valence-corrected chi connectivity index (χ4v) is 2.52. The molecule has 106 valence electrons. The number of hydrogen-bond donors (Lipinski definition) is 1. The third-order valence-electron chi connectivity index (χ3n) is 2.85. The third kappa shape index (κ3) is 4.84. The molecule has 5 heteroatoms.